The lowest BCUT2D eigenvalue weighted by atomic mass is 9.99. The van der Waals surface area contributed by atoms with Gasteiger partial charge in [0.15, 0.2) is 0 Å². The Morgan fingerprint density at radius 1 is 1.21 bits per heavy atom. The van der Waals surface area contributed by atoms with E-state index >= 15 is 0 Å². The largest absolute Gasteiger partial charge is 0.498 e. The van der Waals surface area contributed by atoms with Gasteiger partial charge in [-0.15, -0.1) is 0 Å². The minimum absolute atomic E-state index is 0.893. The maximum absolute atomic E-state index is 5.54. The van der Waals surface area contributed by atoms with Crippen molar-refractivity contribution >= 4 is 0 Å². The zero-order valence-electron chi connectivity index (χ0n) is 8.62. The van der Waals surface area contributed by atoms with Crippen LogP contribution in [0.1, 0.15) is 25.3 Å². The molecule has 0 unspecified atom stereocenters. The Bertz CT molecular complexity index is 324. The summed E-state index contributed by atoms with van der Waals surface area (Å²) in [6.45, 7) is 2.97. The fraction of sp³-hybridized carbons (Fsp3) is 0.385. The Kier molecular flexibility index (Phi) is 2.87. The van der Waals surface area contributed by atoms with Gasteiger partial charge >= 0.3 is 0 Å². The van der Waals surface area contributed by atoms with Crippen molar-refractivity contribution in [2.75, 3.05) is 6.61 Å². The minimum atomic E-state index is 0.893. The van der Waals surface area contributed by atoms with Crippen LogP contribution in [0, 0.1) is 0 Å². The minimum Gasteiger partial charge on any atom is -0.498 e. The lowest BCUT2D eigenvalue weighted by Crippen LogP contribution is -2.06. The molecule has 1 heterocycles. The summed E-state index contributed by atoms with van der Waals surface area (Å²) in [5.74, 6) is 1.14. The number of hydrogen-bond acceptors (Lipinski definition) is 1. The van der Waals surface area contributed by atoms with Crippen molar-refractivity contribution in [3.63, 3.8) is 0 Å². The van der Waals surface area contributed by atoms with Crippen molar-refractivity contribution in [1.29, 1.82) is 0 Å². The zero-order chi connectivity index (χ0) is 9.80. The first-order valence-electron chi connectivity index (χ1n) is 5.21. The first-order chi connectivity index (χ1) is 6.86. The average Bonchev–Trinajstić information content (AvgIpc) is 2.23. The fourth-order valence-electron chi connectivity index (χ4n) is 1.84. The average molecular weight is 188 g/mol. The molecule has 1 aromatic rings. The van der Waals surface area contributed by atoms with E-state index in [1.165, 1.54) is 24.0 Å². The summed E-state index contributed by atoms with van der Waals surface area (Å²) in [6.07, 6.45) is 3.41. The zero-order valence-corrected chi connectivity index (χ0v) is 8.62. The van der Waals surface area contributed by atoms with E-state index in [1.807, 2.05) is 0 Å². The van der Waals surface area contributed by atoms with Crippen LogP contribution in [0.25, 0.3) is 0 Å². The highest BCUT2D eigenvalue weighted by molar-refractivity contribution is 5.23. The van der Waals surface area contributed by atoms with E-state index in [9.17, 15) is 0 Å². The predicted molar refractivity (Wildman–Crippen MR) is 58.0 cm³/mol. The lowest BCUT2D eigenvalue weighted by Gasteiger charge is -2.18. The van der Waals surface area contributed by atoms with Gasteiger partial charge in [0.05, 0.1) is 12.4 Å². The summed E-state index contributed by atoms with van der Waals surface area (Å²) in [5, 5.41) is 0. The van der Waals surface area contributed by atoms with Crippen molar-refractivity contribution < 1.29 is 4.74 Å². The van der Waals surface area contributed by atoms with Gasteiger partial charge in [-0.1, -0.05) is 30.3 Å². The van der Waals surface area contributed by atoms with E-state index < -0.39 is 0 Å². The smallest absolute Gasteiger partial charge is 0.0924 e. The molecule has 0 aromatic heterocycles. The Hall–Kier alpha value is -1.24. The highest BCUT2D eigenvalue weighted by Crippen LogP contribution is 2.22. The Labute approximate surface area is 85.4 Å². The summed E-state index contributed by atoms with van der Waals surface area (Å²) >= 11 is 0. The Morgan fingerprint density at radius 3 is 2.71 bits per heavy atom. The Balaban J connectivity index is 2.10. The maximum Gasteiger partial charge on any atom is 0.0924 e. The van der Waals surface area contributed by atoms with Gasteiger partial charge in [-0.25, -0.2) is 0 Å². The molecule has 1 aliphatic heterocycles. The van der Waals surface area contributed by atoms with Crippen molar-refractivity contribution in [2.24, 2.45) is 0 Å². The van der Waals surface area contributed by atoms with Crippen LogP contribution in [0.2, 0.25) is 0 Å². The maximum atomic E-state index is 5.54. The SMILES string of the molecule is CC1=C(Cc2ccccc2)CCCO1. The summed E-state index contributed by atoms with van der Waals surface area (Å²) in [7, 11) is 0. The normalized spacial score (nSPS) is 16.6. The van der Waals surface area contributed by atoms with Gasteiger partial charge in [0, 0.05) is 0 Å². The molecule has 0 bridgehead atoms. The van der Waals surface area contributed by atoms with Gasteiger partial charge in [-0.3, -0.25) is 0 Å². The van der Waals surface area contributed by atoms with Gasteiger partial charge in [0.25, 0.3) is 0 Å². The molecule has 2 rings (SSSR count). The van der Waals surface area contributed by atoms with E-state index in [0.717, 1.165) is 18.8 Å². The molecule has 0 N–H and O–H groups in total. The fourth-order valence-corrected chi connectivity index (χ4v) is 1.84. The van der Waals surface area contributed by atoms with Gasteiger partial charge in [0.2, 0.25) is 0 Å². The number of allylic oxidation sites excluding steroid dienone is 2. The molecule has 0 amide bonds. The van der Waals surface area contributed by atoms with E-state index in [2.05, 4.69) is 37.3 Å². The topological polar surface area (TPSA) is 9.23 Å². The number of hydrogen-bond donors (Lipinski definition) is 0. The first-order valence-corrected chi connectivity index (χ1v) is 5.21. The monoisotopic (exact) mass is 188 g/mol. The highest BCUT2D eigenvalue weighted by Gasteiger charge is 2.10. The first kappa shape index (κ1) is 9.32. The third-order valence-corrected chi connectivity index (χ3v) is 2.70. The number of ether oxygens (including phenoxy) is 1. The molecule has 1 heteroatoms. The molecule has 1 nitrogen and oxygen atoms in total. The molecule has 0 saturated carbocycles. The van der Waals surface area contributed by atoms with E-state index in [1.54, 1.807) is 0 Å². The summed E-state index contributed by atoms with van der Waals surface area (Å²) in [6, 6.07) is 10.6. The van der Waals surface area contributed by atoms with E-state index in [0.29, 0.717) is 0 Å². The quantitative estimate of drug-likeness (QED) is 0.691. The van der Waals surface area contributed by atoms with Gasteiger partial charge < -0.3 is 4.74 Å². The van der Waals surface area contributed by atoms with Crippen molar-refractivity contribution in [3.05, 3.63) is 47.2 Å². The molecule has 14 heavy (non-hydrogen) atoms. The number of benzene rings is 1. The second-order valence-electron chi connectivity index (χ2n) is 3.77. The molecule has 74 valence electrons. The summed E-state index contributed by atoms with van der Waals surface area (Å²) < 4.78 is 5.54. The molecular formula is C13H16O. The number of rotatable bonds is 2. The van der Waals surface area contributed by atoms with Gasteiger partial charge in [-0.2, -0.15) is 0 Å². The molecule has 0 aliphatic carbocycles. The standard InChI is InChI=1S/C13H16O/c1-11-13(8-5-9-14-11)10-12-6-3-2-4-7-12/h2-4,6-7H,5,8-10H2,1H3. The third kappa shape index (κ3) is 2.16. The highest BCUT2D eigenvalue weighted by atomic mass is 16.5. The molecule has 1 aliphatic rings. The van der Waals surface area contributed by atoms with Crippen molar-refractivity contribution in [3.8, 4) is 0 Å². The van der Waals surface area contributed by atoms with Gasteiger partial charge in [0.1, 0.15) is 0 Å². The lowest BCUT2D eigenvalue weighted by molar-refractivity contribution is 0.188. The summed E-state index contributed by atoms with van der Waals surface area (Å²) in [5.41, 5.74) is 2.84. The van der Waals surface area contributed by atoms with Crippen LogP contribution >= 0.6 is 0 Å². The van der Waals surface area contributed by atoms with Crippen LogP contribution in [0.5, 0.6) is 0 Å². The van der Waals surface area contributed by atoms with Crippen LogP contribution in [0.4, 0.5) is 0 Å². The van der Waals surface area contributed by atoms with E-state index in [-0.39, 0.29) is 0 Å². The van der Waals surface area contributed by atoms with Crippen LogP contribution in [-0.2, 0) is 11.2 Å². The van der Waals surface area contributed by atoms with Crippen LogP contribution in [0.15, 0.2) is 41.7 Å². The second-order valence-corrected chi connectivity index (χ2v) is 3.77. The van der Waals surface area contributed by atoms with E-state index in [4.69, 9.17) is 4.74 Å². The molecule has 0 radical (unpaired) electrons. The van der Waals surface area contributed by atoms with Crippen molar-refractivity contribution in [1.82, 2.24) is 0 Å². The third-order valence-electron chi connectivity index (χ3n) is 2.70. The Morgan fingerprint density at radius 2 is 2.00 bits per heavy atom. The predicted octanol–water partition coefficient (Wildman–Crippen LogP) is 3.31. The van der Waals surface area contributed by atoms with Gasteiger partial charge in [-0.05, 0) is 37.3 Å². The second kappa shape index (κ2) is 4.32. The van der Waals surface area contributed by atoms with Crippen LogP contribution < -0.4 is 0 Å². The summed E-state index contributed by atoms with van der Waals surface area (Å²) in [4.78, 5) is 0. The van der Waals surface area contributed by atoms with Crippen molar-refractivity contribution in [2.45, 2.75) is 26.2 Å². The molecule has 0 spiro atoms. The molecule has 1 aromatic carbocycles. The van der Waals surface area contributed by atoms with Crippen LogP contribution in [-0.4, -0.2) is 6.61 Å². The molecule has 0 saturated heterocycles. The van der Waals surface area contributed by atoms with Crippen LogP contribution in [0.3, 0.4) is 0 Å². The molecular weight excluding hydrogens is 172 g/mol. The molecule has 0 atom stereocenters. The molecule has 0 fully saturated rings.